The van der Waals surface area contributed by atoms with Crippen molar-refractivity contribution in [2.24, 2.45) is 0 Å². The molecule has 1 heterocycles. The molecule has 0 spiro atoms. The molecule has 2 aromatic carbocycles. The van der Waals surface area contributed by atoms with E-state index >= 15 is 0 Å². The molecule has 1 N–H and O–H groups in total. The number of hydrogen-bond acceptors (Lipinski definition) is 1. The molecule has 0 aliphatic rings. The monoisotopic (exact) mass is 352 g/mol. The number of rotatable bonds is 1. The maximum atomic E-state index is 6.20. The SMILES string of the molecule is Cc1ccc(Br)cc1-n1c(=S)[nH]c2c(Cl)cccc21. The van der Waals surface area contributed by atoms with Gasteiger partial charge in [-0.25, -0.2) is 0 Å². The number of aryl methyl sites for hydroxylation is 1. The quantitative estimate of drug-likeness (QED) is 0.580. The third kappa shape index (κ3) is 2.14. The number of nitrogens with zero attached hydrogens (tertiary/aromatic N) is 1. The van der Waals surface area contributed by atoms with Crippen LogP contribution in [-0.4, -0.2) is 9.55 Å². The first-order valence-corrected chi connectivity index (χ1v) is 7.31. The fourth-order valence-electron chi connectivity index (χ4n) is 2.16. The Hall–Kier alpha value is -1.10. The largest absolute Gasteiger partial charge is 0.329 e. The maximum Gasteiger partial charge on any atom is 0.182 e. The topological polar surface area (TPSA) is 20.7 Å². The van der Waals surface area contributed by atoms with E-state index in [4.69, 9.17) is 23.8 Å². The average molecular weight is 354 g/mol. The number of imidazole rings is 1. The van der Waals surface area contributed by atoms with Gasteiger partial charge in [-0.3, -0.25) is 4.57 Å². The van der Waals surface area contributed by atoms with Crippen molar-refractivity contribution in [1.82, 2.24) is 9.55 Å². The third-order valence-electron chi connectivity index (χ3n) is 3.08. The van der Waals surface area contributed by atoms with Crippen molar-refractivity contribution in [3.8, 4) is 5.69 Å². The Labute approximate surface area is 129 Å². The molecule has 0 aliphatic carbocycles. The van der Waals surface area contributed by atoms with E-state index in [1.807, 2.05) is 28.8 Å². The zero-order chi connectivity index (χ0) is 13.6. The number of H-pyrrole nitrogens is 1. The molecule has 5 heteroatoms. The highest BCUT2D eigenvalue weighted by molar-refractivity contribution is 9.10. The van der Waals surface area contributed by atoms with Crippen molar-refractivity contribution in [1.29, 1.82) is 0 Å². The van der Waals surface area contributed by atoms with E-state index in [1.165, 1.54) is 0 Å². The summed E-state index contributed by atoms with van der Waals surface area (Å²) in [5.41, 5.74) is 4.06. The highest BCUT2D eigenvalue weighted by atomic mass is 79.9. The first-order valence-electron chi connectivity index (χ1n) is 5.73. The summed E-state index contributed by atoms with van der Waals surface area (Å²) in [7, 11) is 0. The molecule has 0 radical (unpaired) electrons. The number of aromatic amines is 1. The van der Waals surface area contributed by atoms with Crippen molar-refractivity contribution in [2.75, 3.05) is 0 Å². The lowest BCUT2D eigenvalue weighted by atomic mass is 10.2. The van der Waals surface area contributed by atoms with E-state index in [-0.39, 0.29) is 0 Å². The van der Waals surface area contributed by atoms with Gasteiger partial charge in [-0.1, -0.05) is 39.7 Å². The number of hydrogen-bond donors (Lipinski definition) is 1. The number of fused-ring (bicyclic) bond motifs is 1. The lowest BCUT2D eigenvalue weighted by Gasteiger charge is -2.09. The molecule has 19 heavy (non-hydrogen) atoms. The molecule has 1 aromatic heterocycles. The summed E-state index contributed by atoms with van der Waals surface area (Å²) in [6.07, 6.45) is 0. The molecule has 0 aliphatic heterocycles. The molecule has 0 bridgehead atoms. The highest BCUT2D eigenvalue weighted by Gasteiger charge is 2.10. The zero-order valence-electron chi connectivity index (χ0n) is 10.1. The van der Waals surface area contributed by atoms with Gasteiger partial charge < -0.3 is 4.98 Å². The van der Waals surface area contributed by atoms with E-state index in [1.54, 1.807) is 0 Å². The minimum atomic E-state index is 0.643. The van der Waals surface area contributed by atoms with Crippen LogP contribution in [0.15, 0.2) is 40.9 Å². The van der Waals surface area contributed by atoms with E-state index in [0.29, 0.717) is 9.79 Å². The van der Waals surface area contributed by atoms with Gasteiger partial charge in [0.05, 0.1) is 21.7 Å². The van der Waals surface area contributed by atoms with Crippen LogP contribution >= 0.6 is 39.7 Å². The van der Waals surface area contributed by atoms with Crippen LogP contribution in [0.2, 0.25) is 5.02 Å². The average Bonchev–Trinajstić information content (AvgIpc) is 2.70. The van der Waals surface area contributed by atoms with Crippen LogP contribution in [0.3, 0.4) is 0 Å². The predicted molar refractivity (Wildman–Crippen MR) is 85.9 cm³/mol. The zero-order valence-corrected chi connectivity index (χ0v) is 13.2. The lowest BCUT2D eigenvalue weighted by Crippen LogP contribution is -1.97. The Bertz CT molecular complexity index is 835. The second-order valence-electron chi connectivity index (χ2n) is 4.33. The minimum absolute atomic E-state index is 0.643. The molecule has 0 saturated carbocycles. The van der Waals surface area contributed by atoms with Gasteiger partial charge in [0.15, 0.2) is 4.77 Å². The molecule has 0 amide bonds. The van der Waals surface area contributed by atoms with Crippen molar-refractivity contribution in [2.45, 2.75) is 6.92 Å². The summed E-state index contributed by atoms with van der Waals surface area (Å²) in [5.74, 6) is 0. The van der Waals surface area contributed by atoms with Crippen molar-refractivity contribution >= 4 is 50.8 Å². The molecule has 0 fully saturated rings. The second kappa shape index (κ2) is 4.78. The van der Waals surface area contributed by atoms with Crippen molar-refractivity contribution in [3.05, 3.63) is 56.2 Å². The minimum Gasteiger partial charge on any atom is -0.329 e. The summed E-state index contributed by atoms with van der Waals surface area (Å²) in [6.45, 7) is 2.06. The van der Waals surface area contributed by atoms with Crippen LogP contribution in [0.25, 0.3) is 16.7 Å². The van der Waals surface area contributed by atoms with E-state index < -0.39 is 0 Å². The Morgan fingerprint density at radius 1 is 1.26 bits per heavy atom. The molecular weight excluding hydrogens is 344 g/mol. The molecule has 0 unspecified atom stereocenters. The van der Waals surface area contributed by atoms with Gasteiger partial charge in [-0.15, -0.1) is 0 Å². The molecule has 96 valence electrons. The van der Waals surface area contributed by atoms with Gasteiger partial charge in [0.1, 0.15) is 0 Å². The van der Waals surface area contributed by atoms with Gasteiger partial charge in [-0.05, 0) is 49.0 Å². The molecule has 0 atom stereocenters. The predicted octanol–water partition coefficient (Wildman–Crippen LogP) is 5.41. The van der Waals surface area contributed by atoms with Gasteiger partial charge in [0.2, 0.25) is 0 Å². The first-order chi connectivity index (χ1) is 9.08. The Balaban J connectivity index is 2.43. The van der Waals surface area contributed by atoms with Gasteiger partial charge >= 0.3 is 0 Å². The number of benzene rings is 2. The van der Waals surface area contributed by atoms with Crippen LogP contribution in [0.5, 0.6) is 0 Å². The van der Waals surface area contributed by atoms with Crippen LogP contribution in [0, 0.1) is 11.7 Å². The fraction of sp³-hybridized carbons (Fsp3) is 0.0714. The molecule has 3 rings (SSSR count). The third-order valence-corrected chi connectivity index (χ3v) is 4.17. The summed E-state index contributed by atoms with van der Waals surface area (Å²) in [5, 5.41) is 0.676. The second-order valence-corrected chi connectivity index (χ2v) is 6.04. The molecule has 3 aromatic rings. The highest BCUT2D eigenvalue weighted by Crippen LogP contribution is 2.28. The number of para-hydroxylation sites is 1. The summed E-state index contributed by atoms with van der Waals surface area (Å²) in [4.78, 5) is 3.17. The van der Waals surface area contributed by atoms with Crippen LogP contribution in [0.4, 0.5) is 0 Å². The smallest absolute Gasteiger partial charge is 0.182 e. The van der Waals surface area contributed by atoms with Gasteiger partial charge in [-0.2, -0.15) is 0 Å². The standard InChI is InChI=1S/C14H10BrClN2S/c1-8-5-6-9(15)7-12(8)18-11-4-2-3-10(16)13(11)17-14(18)19/h2-7H,1H3,(H,17,19). The Morgan fingerprint density at radius 3 is 2.84 bits per heavy atom. The molecule has 2 nitrogen and oxygen atoms in total. The molecular formula is C14H10BrClN2S. The summed E-state index contributed by atoms with van der Waals surface area (Å²) in [6, 6.07) is 11.9. The lowest BCUT2D eigenvalue weighted by molar-refractivity contribution is 1.05. The van der Waals surface area contributed by atoms with Crippen molar-refractivity contribution < 1.29 is 0 Å². The van der Waals surface area contributed by atoms with Gasteiger partial charge in [0, 0.05) is 4.47 Å². The van der Waals surface area contributed by atoms with E-state index in [0.717, 1.165) is 26.8 Å². The Morgan fingerprint density at radius 2 is 2.05 bits per heavy atom. The van der Waals surface area contributed by atoms with Crippen LogP contribution in [-0.2, 0) is 0 Å². The number of nitrogens with one attached hydrogen (secondary N) is 1. The van der Waals surface area contributed by atoms with Crippen LogP contribution in [0.1, 0.15) is 5.56 Å². The van der Waals surface area contributed by atoms with Gasteiger partial charge in [0.25, 0.3) is 0 Å². The molecule has 0 saturated heterocycles. The maximum absolute atomic E-state index is 6.20. The Kier molecular flexibility index (Phi) is 3.25. The summed E-state index contributed by atoms with van der Waals surface area (Å²) >= 11 is 15.1. The first kappa shape index (κ1) is 12.9. The van der Waals surface area contributed by atoms with E-state index in [9.17, 15) is 0 Å². The van der Waals surface area contributed by atoms with Crippen LogP contribution < -0.4 is 0 Å². The van der Waals surface area contributed by atoms with E-state index in [2.05, 4.69) is 40.0 Å². The summed E-state index contributed by atoms with van der Waals surface area (Å²) < 4.78 is 3.67. The normalized spacial score (nSPS) is 11.1. The van der Waals surface area contributed by atoms with Crippen molar-refractivity contribution in [3.63, 3.8) is 0 Å². The fourth-order valence-corrected chi connectivity index (χ4v) is 3.02. The number of aromatic nitrogens is 2. The number of halogens is 2.